The van der Waals surface area contributed by atoms with Crippen LogP contribution in [-0.4, -0.2) is 30.2 Å². The number of Topliss-reactive ketones (excluding diaryl/α,β-unsaturated/α-hetero) is 1. The van der Waals surface area contributed by atoms with Crippen molar-refractivity contribution in [2.75, 3.05) is 19.0 Å². The highest BCUT2D eigenvalue weighted by molar-refractivity contribution is 9.10. The van der Waals surface area contributed by atoms with Gasteiger partial charge in [0.15, 0.2) is 11.5 Å². The van der Waals surface area contributed by atoms with E-state index in [1.807, 2.05) is 26.2 Å². The lowest BCUT2D eigenvalue weighted by Crippen LogP contribution is -2.34. The molecule has 0 atom stereocenters. The van der Waals surface area contributed by atoms with Crippen molar-refractivity contribution in [2.45, 2.75) is 38.5 Å². The Balaban J connectivity index is 1.55. The van der Waals surface area contributed by atoms with E-state index in [-0.39, 0.29) is 33.5 Å². The number of fused-ring (bicyclic) bond motifs is 2. The Bertz CT molecular complexity index is 1420. The van der Waals surface area contributed by atoms with Crippen molar-refractivity contribution in [3.05, 3.63) is 91.2 Å². The van der Waals surface area contributed by atoms with Crippen LogP contribution < -0.4 is 10.0 Å². The van der Waals surface area contributed by atoms with E-state index in [1.165, 1.54) is 11.1 Å². The van der Waals surface area contributed by atoms with Crippen molar-refractivity contribution in [2.24, 2.45) is 0 Å². The summed E-state index contributed by atoms with van der Waals surface area (Å²) in [6.45, 7) is 8.50. The average Bonchev–Trinajstić information content (AvgIpc) is 3.07. The predicted octanol–water partition coefficient (Wildman–Crippen LogP) is 5.65. The van der Waals surface area contributed by atoms with E-state index in [0.29, 0.717) is 0 Å². The molecule has 174 valence electrons. The Morgan fingerprint density at radius 2 is 1.56 bits per heavy atom. The molecule has 5 rings (SSSR count). The summed E-state index contributed by atoms with van der Waals surface area (Å²) in [5.74, 6) is -0.375. The van der Waals surface area contributed by atoms with Crippen LogP contribution in [0.25, 0.3) is 0 Å². The Kier molecular flexibility index (Phi) is 5.16. The molecule has 6 heteroatoms. The van der Waals surface area contributed by atoms with Crippen LogP contribution >= 0.6 is 31.9 Å². The van der Waals surface area contributed by atoms with Crippen LogP contribution in [-0.2, 0) is 15.6 Å². The number of carbonyl (C=O) groups excluding carboxylic acids is 1. The number of rotatable bonds is 2. The Labute approximate surface area is 217 Å². The van der Waals surface area contributed by atoms with Crippen LogP contribution in [0.4, 0.5) is 11.4 Å². The lowest BCUT2D eigenvalue weighted by Gasteiger charge is -2.32. The summed E-state index contributed by atoms with van der Waals surface area (Å²) < 4.78 is 4.10. The molecule has 2 aromatic rings. The highest BCUT2D eigenvalue weighted by atomic mass is 79.9. The molecule has 0 fully saturated rings. The van der Waals surface area contributed by atoms with E-state index in [0.717, 1.165) is 31.7 Å². The molecule has 2 aliphatic heterocycles. The summed E-state index contributed by atoms with van der Waals surface area (Å²) in [5.41, 5.74) is 6.27. The summed E-state index contributed by atoms with van der Waals surface area (Å²) >= 11 is 7.12. The van der Waals surface area contributed by atoms with E-state index >= 15 is 0 Å². The monoisotopic (exact) mass is 580 g/mol. The first-order valence-corrected chi connectivity index (χ1v) is 12.8. The number of likely N-dealkylation sites (N-methyl/N-ethyl adjacent to an activating group) is 1. The highest BCUT2D eigenvalue weighted by Gasteiger charge is 2.45. The first-order valence-electron chi connectivity index (χ1n) is 11.2. The van der Waals surface area contributed by atoms with Gasteiger partial charge in [0.2, 0.25) is 5.69 Å². The van der Waals surface area contributed by atoms with Gasteiger partial charge in [-0.15, -0.1) is 0 Å². The highest BCUT2D eigenvalue weighted by Crippen LogP contribution is 2.49. The van der Waals surface area contributed by atoms with Crippen molar-refractivity contribution in [1.29, 1.82) is 0 Å². The van der Waals surface area contributed by atoms with Gasteiger partial charge in [0.1, 0.15) is 7.05 Å². The van der Waals surface area contributed by atoms with E-state index in [9.17, 15) is 9.90 Å². The molecule has 0 radical (unpaired) electrons. The number of carbonyl (C=O) groups is 1. The van der Waals surface area contributed by atoms with Gasteiger partial charge in [0.05, 0.1) is 5.41 Å². The molecule has 2 heterocycles. The molecule has 2 aromatic carbocycles. The van der Waals surface area contributed by atoms with E-state index in [2.05, 4.69) is 93.3 Å². The number of nitrogens with zero attached hydrogens (tertiary/aromatic N) is 2. The summed E-state index contributed by atoms with van der Waals surface area (Å²) in [6.07, 6.45) is 3.58. The van der Waals surface area contributed by atoms with Crippen LogP contribution in [0, 0.1) is 0 Å². The van der Waals surface area contributed by atoms with Gasteiger partial charge >= 0.3 is 0 Å². The van der Waals surface area contributed by atoms with Crippen LogP contribution in [0.2, 0.25) is 0 Å². The molecule has 0 saturated carbocycles. The fourth-order valence-corrected chi connectivity index (χ4v) is 6.22. The van der Waals surface area contributed by atoms with Gasteiger partial charge < -0.3 is 10.0 Å². The van der Waals surface area contributed by atoms with Gasteiger partial charge in [-0.3, -0.25) is 4.79 Å². The average molecular weight is 582 g/mol. The smallest absolute Gasteiger partial charge is 0.209 e. The van der Waals surface area contributed by atoms with Crippen LogP contribution in [0.1, 0.15) is 38.8 Å². The minimum atomic E-state index is -0.321. The third-order valence-electron chi connectivity index (χ3n) is 7.53. The second-order valence-corrected chi connectivity index (χ2v) is 12.1. The van der Waals surface area contributed by atoms with Gasteiger partial charge in [-0.2, -0.15) is 4.58 Å². The number of allylic oxidation sites excluding steroid dienone is 5. The van der Waals surface area contributed by atoms with Gasteiger partial charge in [-0.25, -0.2) is 0 Å². The van der Waals surface area contributed by atoms with Crippen molar-refractivity contribution < 1.29 is 14.5 Å². The fourth-order valence-electron chi connectivity index (χ4n) is 5.50. The lowest BCUT2D eigenvalue weighted by molar-refractivity contribution is -0.401. The second-order valence-electron chi connectivity index (χ2n) is 10.2. The first kappa shape index (κ1) is 23.3. The van der Waals surface area contributed by atoms with Gasteiger partial charge in [-0.1, -0.05) is 51.5 Å². The minimum Gasteiger partial charge on any atom is -0.871 e. The molecule has 3 aliphatic rings. The lowest BCUT2D eigenvalue weighted by atomic mass is 9.77. The van der Waals surface area contributed by atoms with E-state index in [4.69, 9.17) is 0 Å². The SMILES string of the molecule is CN1/C(=C/C2=C([O-])C(=C\C3=[N+](C)c4ccc(Br)cc4C3(C)C)/C2=O)C(C)(C)c2cc(Br)ccc21. The number of halogens is 2. The molecule has 0 bridgehead atoms. The molecule has 0 spiro atoms. The summed E-state index contributed by atoms with van der Waals surface area (Å²) in [6, 6.07) is 12.4. The Morgan fingerprint density at radius 3 is 2.21 bits per heavy atom. The number of benzene rings is 2. The topological polar surface area (TPSA) is 46.4 Å². The molecule has 0 N–H and O–H groups in total. The molecule has 1 aliphatic carbocycles. The van der Waals surface area contributed by atoms with Crippen molar-refractivity contribution >= 4 is 54.7 Å². The minimum absolute atomic E-state index is 0.187. The third-order valence-corrected chi connectivity index (χ3v) is 8.52. The molecule has 34 heavy (non-hydrogen) atoms. The molecular weight excluding hydrogens is 556 g/mol. The van der Waals surface area contributed by atoms with Crippen molar-refractivity contribution in [3.63, 3.8) is 0 Å². The maximum atomic E-state index is 13.2. The molecule has 0 unspecified atom stereocenters. The zero-order valence-electron chi connectivity index (χ0n) is 20.1. The second kappa shape index (κ2) is 7.53. The molecule has 0 saturated heterocycles. The van der Waals surface area contributed by atoms with Gasteiger partial charge in [0, 0.05) is 61.6 Å². The zero-order valence-corrected chi connectivity index (χ0v) is 23.3. The quantitative estimate of drug-likeness (QED) is 0.340. The normalized spacial score (nSPS) is 22.6. The molecule has 0 aromatic heterocycles. The van der Waals surface area contributed by atoms with Crippen LogP contribution in [0.15, 0.2) is 80.1 Å². The van der Waals surface area contributed by atoms with Gasteiger partial charge in [-0.05, 0) is 55.8 Å². The Hall–Kier alpha value is -2.44. The van der Waals surface area contributed by atoms with Crippen LogP contribution in [0.3, 0.4) is 0 Å². The molecular formula is C28H26Br2N2O2. The van der Waals surface area contributed by atoms with Crippen molar-refractivity contribution in [1.82, 2.24) is 0 Å². The van der Waals surface area contributed by atoms with E-state index < -0.39 is 0 Å². The molecule has 4 nitrogen and oxygen atoms in total. The van der Waals surface area contributed by atoms with Gasteiger partial charge in [0.25, 0.3) is 0 Å². The first-order chi connectivity index (χ1) is 15.9. The number of ketones is 1. The Morgan fingerprint density at radius 1 is 0.941 bits per heavy atom. The van der Waals surface area contributed by atoms with Crippen molar-refractivity contribution in [3.8, 4) is 0 Å². The number of hydrogen-bond acceptors (Lipinski definition) is 3. The fraction of sp³-hybridized carbons (Fsp3) is 0.286. The standard InChI is InChI=1S/C28H26Br2N2O2/c1-27(2)19-11-15(29)7-9-21(19)31(5)23(27)13-17-25(33)18(26(17)34)14-24-28(3,4)20-12-16(30)8-10-22(20)32(24)6/h7-14H,1-6H3. The predicted molar refractivity (Wildman–Crippen MR) is 142 cm³/mol. The maximum Gasteiger partial charge on any atom is 0.209 e. The largest absolute Gasteiger partial charge is 0.871 e. The summed E-state index contributed by atoms with van der Waals surface area (Å²) in [4.78, 5) is 15.3. The number of anilines is 1. The summed E-state index contributed by atoms with van der Waals surface area (Å²) in [5, 5.41) is 13.2. The van der Waals surface area contributed by atoms with E-state index in [1.54, 1.807) is 12.2 Å². The van der Waals surface area contributed by atoms with Crippen LogP contribution in [0.5, 0.6) is 0 Å². The molecule has 0 amide bonds. The third kappa shape index (κ3) is 3.14. The number of hydrogen-bond donors (Lipinski definition) is 0. The summed E-state index contributed by atoms with van der Waals surface area (Å²) in [7, 11) is 3.97. The maximum absolute atomic E-state index is 13.2. The zero-order chi connectivity index (χ0) is 24.7.